The van der Waals surface area contributed by atoms with Gasteiger partial charge in [-0.1, -0.05) is 19.1 Å². The Hall–Kier alpha value is -3.41. The van der Waals surface area contributed by atoms with Gasteiger partial charge in [-0.3, -0.25) is 14.8 Å². The molecule has 3 aromatic heterocycles. The molecule has 0 radical (unpaired) electrons. The van der Waals surface area contributed by atoms with Crippen LogP contribution in [-0.4, -0.2) is 19.5 Å². The average Bonchev–Trinajstić information content (AvgIpc) is 2.71. The van der Waals surface area contributed by atoms with Crippen molar-refractivity contribution in [1.29, 1.82) is 0 Å². The minimum Gasteiger partial charge on any atom is -0.301 e. The molecule has 27 heavy (non-hydrogen) atoms. The van der Waals surface area contributed by atoms with E-state index in [0.717, 1.165) is 23.2 Å². The first-order chi connectivity index (χ1) is 13.2. The molecule has 0 fully saturated rings. The van der Waals surface area contributed by atoms with Crippen LogP contribution in [0.2, 0.25) is 0 Å². The molecular weight excluding hydrogens is 343 g/mol. The number of fused-ring (bicyclic) bond motifs is 1. The van der Waals surface area contributed by atoms with Crippen LogP contribution in [0.4, 0.5) is 4.39 Å². The van der Waals surface area contributed by atoms with E-state index in [-0.39, 0.29) is 17.9 Å². The SMILES string of the molecule is CCc1cc(-c2ccc(Cn3c(=O)cnc4cnccc43)c(F)c2)ccn1. The molecule has 0 unspecified atom stereocenters. The molecule has 0 spiro atoms. The molecule has 4 aromatic rings. The lowest BCUT2D eigenvalue weighted by Crippen LogP contribution is -2.21. The van der Waals surface area contributed by atoms with Crippen LogP contribution in [0.1, 0.15) is 18.2 Å². The second-order valence-electron chi connectivity index (χ2n) is 6.24. The maximum absolute atomic E-state index is 14.8. The maximum atomic E-state index is 14.8. The molecule has 0 bridgehead atoms. The lowest BCUT2D eigenvalue weighted by Gasteiger charge is -2.11. The molecule has 0 aliphatic rings. The molecule has 1 aromatic carbocycles. The summed E-state index contributed by atoms with van der Waals surface area (Å²) in [6, 6.07) is 10.6. The van der Waals surface area contributed by atoms with Gasteiger partial charge < -0.3 is 4.57 Å². The highest BCUT2D eigenvalue weighted by Crippen LogP contribution is 2.23. The molecule has 0 aliphatic carbocycles. The highest BCUT2D eigenvalue weighted by molar-refractivity contribution is 5.73. The Morgan fingerprint density at radius 2 is 1.85 bits per heavy atom. The van der Waals surface area contributed by atoms with Crippen molar-refractivity contribution in [3.8, 4) is 11.1 Å². The van der Waals surface area contributed by atoms with Crippen molar-refractivity contribution in [3.05, 3.63) is 88.6 Å². The van der Waals surface area contributed by atoms with Gasteiger partial charge in [0.1, 0.15) is 11.3 Å². The van der Waals surface area contributed by atoms with Crippen molar-refractivity contribution < 1.29 is 4.39 Å². The third-order valence-corrected chi connectivity index (χ3v) is 4.54. The minimum absolute atomic E-state index is 0.129. The van der Waals surface area contributed by atoms with E-state index >= 15 is 0 Å². The molecule has 134 valence electrons. The lowest BCUT2D eigenvalue weighted by molar-refractivity contribution is 0.599. The zero-order chi connectivity index (χ0) is 18.8. The van der Waals surface area contributed by atoms with Gasteiger partial charge in [0.25, 0.3) is 5.56 Å². The van der Waals surface area contributed by atoms with Gasteiger partial charge in [0.15, 0.2) is 0 Å². The smallest absolute Gasteiger partial charge is 0.269 e. The van der Waals surface area contributed by atoms with E-state index in [2.05, 4.69) is 15.0 Å². The van der Waals surface area contributed by atoms with Crippen molar-refractivity contribution in [1.82, 2.24) is 19.5 Å². The minimum atomic E-state index is -0.353. The van der Waals surface area contributed by atoms with Gasteiger partial charge in [-0.05, 0) is 41.8 Å². The predicted molar refractivity (Wildman–Crippen MR) is 102 cm³/mol. The van der Waals surface area contributed by atoms with Crippen molar-refractivity contribution in [3.63, 3.8) is 0 Å². The van der Waals surface area contributed by atoms with E-state index in [1.54, 1.807) is 30.7 Å². The Morgan fingerprint density at radius 3 is 2.67 bits per heavy atom. The predicted octanol–water partition coefficient (Wildman–Crippen LogP) is 3.60. The lowest BCUT2D eigenvalue weighted by atomic mass is 10.0. The highest BCUT2D eigenvalue weighted by Gasteiger charge is 2.10. The summed E-state index contributed by atoms with van der Waals surface area (Å²) in [5, 5.41) is 0. The maximum Gasteiger partial charge on any atom is 0.269 e. The van der Waals surface area contributed by atoms with E-state index in [1.165, 1.54) is 16.8 Å². The van der Waals surface area contributed by atoms with Crippen LogP contribution >= 0.6 is 0 Å². The monoisotopic (exact) mass is 360 g/mol. The number of benzene rings is 1. The summed E-state index contributed by atoms with van der Waals surface area (Å²) in [6.45, 7) is 2.16. The largest absolute Gasteiger partial charge is 0.301 e. The van der Waals surface area contributed by atoms with Crippen LogP contribution in [0.25, 0.3) is 22.2 Å². The Kier molecular flexibility index (Phi) is 4.46. The fraction of sp³-hybridized carbons (Fsp3) is 0.143. The van der Waals surface area contributed by atoms with Crippen LogP contribution in [0.5, 0.6) is 0 Å². The average molecular weight is 360 g/mol. The van der Waals surface area contributed by atoms with E-state index < -0.39 is 0 Å². The second kappa shape index (κ2) is 7.07. The summed E-state index contributed by atoms with van der Waals surface area (Å²) < 4.78 is 16.3. The van der Waals surface area contributed by atoms with Gasteiger partial charge in [-0.15, -0.1) is 0 Å². The number of nitrogens with zero attached hydrogens (tertiary/aromatic N) is 4. The molecule has 4 rings (SSSR count). The van der Waals surface area contributed by atoms with E-state index in [1.807, 2.05) is 25.1 Å². The third-order valence-electron chi connectivity index (χ3n) is 4.54. The molecule has 0 amide bonds. The van der Waals surface area contributed by atoms with Gasteiger partial charge in [0, 0.05) is 23.7 Å². The van der Waals surface area contributed by atoms with Gasteiger partial charge in [-0.25, -0.2) is 9.37 Å². The van der Waals surface area contributed by atoms with Crippen LogP contribution in [0.3, 0.4) is 0 Å². The van der Waals surface area contributed by atoms with E-state index in [4.69, 9.17) is 0 Å². The molecule has 6 heteroatoms. The van der Waals surface area contributed by atoms with Gasteiger partial charge in [0.2, 0.25) is 0 Å². The number of halogens is 1. The fourth-order valence-corrected chi connectivity index (χ4v) is 3.06. The standard InChI is InChI=1S/C21H17FN4O/c1-2-17-9-15(5-8-24-17)14-3-4-16(18(22)10-14)13-26-20-6-7-23-11-19(20)25-12-21(26)27/h3-12H,2,13H2,1H3. The normalized spacial score (nSPS) is 11.0. The van der Waals surface area contributed by atoms with E-state index in [0.29, 0.717) is 16.6 Å². The summed E-state index contributed by atoms with van der Waals surface area (Å²) in [5.41, 5.74) is 4.05. The Morgan fingerprint density at radius 1 is 1.00 bits per heavy atom. The fourth-order valence-electron chi connectivity index (χ4n) is 3.06. The Labute approximate surface area is 155 Å². The number of hydrogen-bond donors (Lipinski definition) is 0. The molecular formula is C21H17FN4O. The first-order valence-electron chi connectivity index (χ1n) is 8.69. The Bertz CT molecular complexity index is 1190. The molecule has 0 saturated carbocycles. The molecule has 0 N–H and O–H groups in total. The molecule has 0 aliphatic heterocycles. The third kappa shape index (κ3) is 3.33. The molecule has 5 nitrogen and oxygen atoms in total. The van der Waals surface area contributed by atoms with Gasteiger partial charge in [-0.2, -0.15) is 0 Å². The molecule has 0 saturated heterocycles. The summed E-state index contributed by atoms with van der Waals surface area (Å²) in [4.78, 5) is 24.6. The summed E-state index contributed by atoms with van der Waals surface area (Å²) in [5.74, 6) is -0.353. The van der Waals surface area contributed by atoms with Crippen LogP contribution in [-0.2, 0) is 13.0 Å². The number of aromatic nitrogens is 4. The van der Waals surface area contributed by atoms with Gasteiger partial charge >= 0.3 is 0 Å². The number of hydrogen-bond acceptors (Lipinski definition) is 4. The summed E-state index contributed by atoms with van der Waals surface area (Å²) in [6.07, 6.45) is 6.96. The molecule has 0 atom stereocenters. The summed E-state index contributed by atoms with van der Waals surface area (Å²) in [7, 11) is 0. The molecule has 3 heterocycles. The number of pyridine rings is 2. The van der Waals surface area contributed by atoms with Crippen molar-refractivity contribution in [2.45, 2.75) is 19.9 Å². The van der Waals surface area contributed by atoms with Crippen LogP contribution in [0, 0.1) is 5.82 Å². The Balaban J connectivity index is 1.72. The number of rotatable bonds is 4. The van der Waals surface area contributed by atoms with Crippen LogP contribution in [0.15, 0.2) is 66.0 Å². The van der Waals surface area contributed by atoms with Crippen molar-refractivity contribution >= 4 is 11.0 Å². The number of aryl methyl sites for hydroxylation is 1. The zero-order valence-corrected chi connectivity index (χ0v) is 14.8. The van der Waals surface area contributed by atoms with Crippen LogP contribution < -0.4 is 5.56 Å². The quantitative estimate of drug-likeness (QED) is 0.558. The summed E-state index contributed by atoms with van der Waals surface area (Å²) >= 11 is 0. The van der Waals surface area contributed by atoms with E-state index in [9.17, 15) is 9.18 Å². The topological polar surface area (TPSA) is 60.7 Å². The van der Waals surface area contributed by atoms with Gasteiger partial charge in [0.05, 0.1) is 24.5 Å². The van der Waals surface area contributed by atoms with Crippen molar-refractivity contribution in [2.24, 2.45) is 0 Å². The first kappa shape index (κ1) is 17.0. The second-order valence-corrected chi connectivity index (χ2v) is 6.24. The highest BCUT2D eigenvalue weighted by atomic mass is 19.1. The van der Waals surface area contributed by atoms with Crippen molar-refractivity contribution in [2.75, 3.05) is 0 Å². The zero-order valence-electron chi connectivity index (χ0n) is 14.8. The first-order valence-corrected chi connectivity index (χ1v) is 8.69.